The summed E-state index contributed by atoms with van der Waals surface area (Å²) in [4.78, 5) is 35.1. The number of carbonyl (C=O) groups excluding carboxylic acids is 3. The second kappa shape index (κ2) is 4.31. The lowest BCUT2D eigenvalue weighted by atomic mass is 9.91. The Morgan fingerprint density at radius 1 is 1.24 bits per heavy atom. The summed E-state index contributed by atoms with van der Waals surface area (Å²) in [7, 11) is 0. The number of nitrogens with one attached hydrogen (secondary N) is 1. The van der Waals surface area contributed by atoms with E-state index in [0.717, 1.165) is 0 Å². The van der Waals surface area contributed by atoms with Crippen molar-refractivity contribution >= 4 is 34.3 Å². The molecule has 1 amide bonds. The van der Waals surface area contributed by atoms with Gasteiger partial charge < -0.3 is 15.2 Å². The van der Waals surface area contributed by atoms with Gasteiger partial charge in [-0.3, -0.25) is 4.79 Å². The van der Waals surface area contributed by atoms with E-state index in [1.807, 2.05) is 0 Å². The highest BCUT2D eigenvalue weighted by molar-refractivity contribution is 6.24. The average Bonchev–Trinajstić information content (AvgIpc) is 2.42. The van der Waals surface area contributed by atoms with Crippen molar-refractivity contribution in [3.05, 3.63) is 34.9 Å². The number of amides is 1. The molecule has 6 nitrogen and oxygen atoms in total. The van der Waals surface area contributed by atoms with E-state index in [2.05, 4.69) is 10.1 Å². The lowest BCUT2D eigenvalue weighted by Crippen LogP contribution is -2.21. The molecule has 0 bridgehead atoms. The number of hydrogen-bond donors (Lipinski definition) is 2. The van der Waals surface area contributed by atoms with E-state index in [4.69, 9.17) is 0 Å². The van der Waals surface area contributed by atoms with Gasteiger partial charge in [-0.1, -0.05) is 12.1 Å². The summed E-state index contributed by atoms with van der Waals surface area (Å²) < 4.78 is 4.68. The number of phenols is 1. The highest BCUT2D eigenvalue weighted by Crippen LogP contribution is 2.42. The maximum atomic E-state index is 11.9. The highest BCUT2D eigenvalue weighted by atomic mass is 16.6. The Balaban J connectivity index is 2.52. The Kier molecular flexibility index (Phi) is 2.69. The number of anilines is 1. The summed E-state index contributed by atoms with van der Waals surface area (Å²) in [5, 5.41) is 13.6. The molecule has 3 rings (SSSR count). The highest BCUT2D eigenvalue weighted by Gasteiger charge is 2.32. The van der Waals surface area contributed by atoms with Crippen molar-refractivity contribution in [1.82, 2.24) is 0 Å². The predicted octanol–water partition coefficient (Wildman–Crippen LogP) is 2.12. The van der Waals surface area contributed by atoms with Crippen LogP contribution in [0.5, 0.6) is 5.75 Å². The van der Waals surface area contributed by atoms with Crippen LogP contribution in [0.1, 0.15) is 33.2 Å². The van der Waals surface area contributed by atoms with Gasteiger partial charge in [0.2, 0.25) is 5.91 Å². The minimum Gasteiger partial charge on any atom is -0.505 e. The van der Waals surface area contributed by atoms with E-state index in [1.54, 1.807) is 12.1 Å². The summed E-state index contributed by atoms with van der Waals surface area (Å²) in [5.74, 6) is -2.12. The lowest BCUT2D eigenvalue weighted by molar-refractivity contribution is -0.114. The van der Waals surface area contributed by atoms with E-state index in [1.165, 1.54) is 19.9 Å². The van der Waals surface area contributed by atoms with E-state index in [9.17, 15) is 19.5 Å². The van der Waals surface area contributed by atoms with Crippen molar-refractivity contribution < 1.29 is 24.2 Å². The third kappa shape index (κ3) is 1.76. The van der Waals surface area contributed by atoms with Crippen LogP contribution in [0.4, 0.5) is 5.69 Å². The second-order valence-electron chi connectivity index (χ2n) is 4.81. The molecular weight excluding hydrogens is 274 g/mol. The molecule has 1 aliphatic rings. The summed E-state index contributed by atoms with van der Waals surface area (Å²) >= 11 is 0. The molecule has 0 atom stereocenters. The monoisotopic (exact) mass is 285 g/mol. The van der Waals surface area contributed by atoms with Gasteiger partial charge in [0.1, 0.15) is 5.75 Å². The Bertz CT molecular complexity index is 838. The molecule has 0 radical (unpaired) electrons. The van der Waals surface area contributed by atoms with Gasteiger partial charge in [-0.15, -0.1) is 0 Å². The number of benzene rings is 2. The van der Waals surface area contributed by atoms with Crippen LogP contribution < -0.4 is 5.32 Å². The topological polar surface area (TPSA) is 92.7 Å². The first-order chi connectivity index (χ1) is 9.91. The number of ether oxygens (including phenoxy) is 1. The molecule has 0 aliphatic carbocycles. The first-order valence-electron chi connectivity index (χ1n) is 6.24. The van der Waals surface area contributed by atoms with Crippen molar-refractivity contribution in [2.75, 3.05) is 5.32 Å². The van der Waals surface area contributed by atoms with Gasteiger partial charge in [-0.25, -0.2) is 9.59 Å². The van der Waals surface area contributed by atoms with Crippen LogP contribution in [0.15, 0.2) is 18.2 Å². The molecule has 1 heterocycles. The van der Waals surface area contributed by atoms with Crippen LogP contribution in [0, 0.1) is 6.92 Å². The number of rotatable bonds is 1. The van der Waals surface area contributed by atoms with Crippen molar-refractivity contribution in [2.24, 2.45) is 0 Å². The van der Waals surface area contributed by atoms with Crippen molar-refractivity contribution in [2.45, 2.75) is 13.8 Å². The van der Waals surface area contributed by atoms with Crippen LogP contribution in [0.2, 0.25) is 0 Å². The third-order valence-electron chi connectivity index (χ3n) is 3.46. The first-order valence-corrected chi connectivity index (χ1v) is 6.24. The van der Waals surface area contributed by atoms with E-state index in [0.29, 0.717) is 10.8 Å². The van der Waals surface area contributed by atoms with Gasteiger partial charge in [0.25, 0.3) is 0 Å². The molecule has 106 valence electrons. The molecule has 6 heteroatoms. The predicted molar refractivity (Wildman–Crippen MR) is 74.4 cm³/mol. The third-order valence-corrected chi connectivity index (χ3v) is 3.46. The zero-order chi connectivity index (χ0) is 15.3. The molecule has 0 fully saturated rings. The molecule has 0 saturated carbocycles. The summed E-state index contributed by atoms with van der Waals surface area (Å²) in [6.45, 7) is 2.84. The smallest absolute Gasteiger partial charge is 0.347 e. The maximum Gasteiger partial charge on any atom is 0.347 e. The van der Waals surface area contributed by atoms with E-state index < -0.39 is 11.9 Å². The Labute approximate surface area is 119 Å². The van der Waals surface area contributed by atoms with Gasteiger partial charge in [0.05, 0.1) is 16.8 Å². The molecule has 21 heavy (non-hydrogen) atoms. The number of carbonyl (C=O) groups is 3. The van der Waals surface area contributed by atoms with Crippen LogP contribution in [0.25, 0.3) is 10.8 Å². The quantitative estimate of drug-likeness (QED) is 0.475. The largest absolute Gasteiger partial charge is 0.505 e. The van der Waals surface area contributed by atoms with Crippen LogP contribution in [-0.4, -0.2) is 23.0 Å². The fourth-order valence-corrected chi connectivity index (χ4v) is 2.57. The van der Waals surface area contributed by atoms with Gasteiger partial charge in [0, 0.05) is 23.3 Å². The van der Waals surface area contributed by atoms with Crippen molar-refractivity contribution in [1.29, 1.82) is 0 Å². The molecule has 2 aromatic rings. The normalized spacial score (nSPS) is 13.2. The van der Waals surface area contributed by atoms with Crippen molar-refractivity contribution in [3.8, 4) is 5.75 Å². The zero-order valence-electron chi connectivity index (χ0n) is 11.3. The SMILES string of the molecule is CC(=O)Nc1c(O)c(C)c2c3c(cccc13)C(=O)OC2=O. The summed E-state index contributed by atoms with van der Waals surface area (Å²) in [6.07, 6.45) is 0. The number of aromatic hydroxyl groups is 1. The number of cyclic esters (lactones) is 2. The molecule has 0 aromatic heterocycles. The van der Waals surface area contributed by atoms with Crippen LogP contribution in [0.3, 0.4) is 0 Å². The van der Waals surface area contributed by atoms with Gasteiger partial charge in [-0.2, -0.15) is 0 Å². The molecule has 2 N–H and O–H groups in total. The number of hydrogen-bond acceptors (Lipinski definition) is 5. The average molecular weight is 285 g/mol. The Morgan fingerprint density at radius 2 is 1.95 bits per heavy atom. The van der Waals surface area contributed by atoms with E-state index >= 15 is 0 Å². The van der Waals surface area contributed by atoms with Gasteiger partial charge in [0.15, 0.2) is 0 Å². The molecule has 2 aromatic carbocycles. The Hall–Kier alpha value is -2.89. The molecule has 0 spiro atoms. The fraction of sp³-hybridized carbons (Fsp3) is 0.133. The molecule has 1 aliphatic heterocycles. The van der Waals surface area contributed by atoms with Gasteiger partial charge >= 0.3 is 11.9 Å². The van der Waals surface area contributed by atoms with Crippen LogP contribution >= 0.6 is 0 Å². The number of esters is 2. The van der Waals surface area contributed by atoms with Crippen LogP contribution in [-0.2, 0) is 9.53 Å². The van der Waals surface area contributed by atoms with Gasteiger partial charge in [-0.05, 0) is 13.0 Å². The van der Waals surface area contributed by atoms with Crippen molar-refractivity contribution in [3.63, 3.8) is 0 Å². The Morgan fingerprint density at radius 3 is 2.62 bits per heavy atom. The minimum atomic E-state index is -0.800. The number of phenolic OH excluding ortho intramolecular Hbond substituents is 1. The molecule has 0 unspecified atom stereocenters. The summed E-state index contributed by atoms with van der Waals surface area (Å²) in [5.41, 5.74) is 0.822. The zero-order valence-corrected chi connectivity index (χ0v) is 11.3. The summed E-state index contributed by atoms with van der Waals surface area (Å²) in [6, 6.07) is 4.76. The lowest BCUT2D eigenvalue weighted by Gasteiger charge is -2.21. The maximum absolute atomic E-state index is 11.9. The minimum absolute atomic E-state index is 0.145. The molecule has 0 saturated heterocycles. The standard InChI is InChI=1S/C15H11NO5/c1-6-10-11-8(12(13(6)18)16-7(2)17)4-3-5-9(11)14(19)21-15(10)20/h3-5,18H,1-2H3,(H,16,17). The second-order valence-corrected chi connectivity index (χ2v) is 4.81. The first kappa shape index (κ1) is 13.1. The fourth-order valence-electron chi connectivity index (χ4n) is 2.57. The van der Waals surface area contributed by atoms with E-state index in [-0.39, 0.29) is 34.0 Å². The molecular formula is C15H11NO5.